The molecule has 3 amide bonds. The number of fused-ring (bicyclic) bond motifs is 1. The summed E-state index contributed by atoms with van der Waals surface area (Å²) in [5.41, 5.74) is 1.94. The third kappa shape index (κ3) is 4.52. The van der Waals surface area contributed by atoms with Crippen LogP contribution in [0.1, 0.15) is 63.5 Å². The first-order chi connectivity index (χ1) is 14.6. The molecule has 0 aliphatic carbocycles. The minimum atomic E-state index is -0.533. The number of carbonyl (C=O) groups excluding carboxylic acids is 3. The molecule has 1 atom stereocenters. The molecule has 0 aromatic heterocycles. The highest BCUT2D eigenvalue weighted by atomic mass is 19.1. The number of hydrogen-bond donors (Lipinski definition) is 1. The maximum absolute atomic E-state index is 15.1. The van der Waals surface area contributed by atoms with Gasteiger partial charge in [-0.2, -0.15) is 0 Å². The van der Waals surface area contributed by atoms with E-state index in [9.17, 15) is 14.4 Å². The van der Waals surface area contributed by atoms with E-state index in [4.69, 9.17) is 4.74 Å². The normalized spacial score (nSPS) is 22.4. The standard InChI is InChI=1S/C23H30FN3O4/c1-23(2,3)31-22(30)26-9-6-14(7-10-26)16-12-15-8-11-27(19(15)13-17(16)24)18-4-5-20(28)25-21(18)29/h12-14,18H,4-11H2,1-3H3,(H,25,28,29). The first-order valence-electron chi connectivity index (χ1n) is 11.0. The fourth-order valence-corrected chi connectivity index (χ4v) is 4.77. The summed E-state index contributed by atoms with van der Waals surface area (Å²) in [6, 6.07) is 3.05. The van der Waals surface area contributed by atoms with Gasteiger partial charge in [0.15, 0.2) is 0 Å². The van der Waals surface area contributed by atoms with Crippen molar-refractivity contribution in [1.29, 1.82) is 0 Å². The lowest BCUT2D eigenvalue weighted by atomic mass is 9.88. The molecule has 1 aromatic carbocycles. The molecule has 3 aliphatic heterocycles. The second-order valence-corrected chi connectivity index (χ2v) is 9.65. The molecule has 1 N–H and O–H groups in total. The first kappa shape index (κ1) is 21.6. The van der Waals surface area contributed by atoms with Crippen LogP contribution in [0.25, 0.3) is 0 Å². The van der Waals surface area contributed by atoms with Crippen molar-refractivity contribution in [3.63, 3.8) is 0 Å². The summed E-state index contributed by atoms with van der Waals surface area (Å²) in [6.45, 7) is 7.25. The number of nitrogens with zero attached hydrogens (tertiary/aromatic N) is 2. The molecule has 2 saturated heterocycles. The number of imide groups is 1. The van der Waals surface area contributed by atoms with Gasteiger partial charge in [0.25, 0.3) is 0 Å². The highest BCUT2D eigenvalue weighted by molar-refractivity contribution is 6.01. The minimum absolute atomic E-state index is 0.0497. The fraction of sp³-hybridized carbons (Fsp3) is 0.609. The Morgan fingerprint density at radius 3 is 2.45 bits per heavy atom. The lowest BCUT2D eigenvalue weighted by molar-refractivity contribution is -0.134. The Labute approximate surface area is 181 Å². The van der Waals surface area contributed by atoms with E-state index in [-0.39, 0.29) is 29.6 Å². The highest BCUT2D eigenvalue weighted by Crippen LogP contribution is 2.38. The van der Waals surface area contributed by atoms with E-state index in [1.807, 2.05) is 31.7 Å². The summed E-state index contributed by atoms with van der Waals surface area (Å²) in [6.07, 6.45) is 2.56. The third-order valence-electron chi connectivity index (χ3n) is 6.30. The van der Waals surface area contributed by atoms with Gasteiger partial charge >= 0.3 is 6.09 Å². The van der Waals surface area contributed by atoms with Gasteiger partial charge in [0.1, 0.15) is 17.5 Å². The number of anilines is 1. The zero-order valence-corrected chi connectivity index (χ0v) is 18.4. The van der Waals surface area contributed by atoms with E-state index in [0.29, 0.717) is 50.9 Å². The number of benzene rings is 1. The van der Waals surface area contributed by atoms with E-state index >= 15 is 4.39 Å². The molecule has 31 heavy (non-hydrogen) atoms. The van der Waals surface area contributed by atoms with Crippen LogP contribution >= 0.6 is 0 Å². The largest absolute Gasteiger partial charge is 0.444 e. The number of rotatable bonds is 2. The van der Waals surface area contributed by atoms with Crippen LogP contribution in [0.2, 0.25) is 0 Å². The second-order valence-electron chi connectivity index (χ2n) is 9.65. The van der Waals surface area contributed by atoms with E-state index in [1.54, 1.807) is 11.0 Å². The number of hydrogen-bond acceptors (Lipinski definition) is 5. The van der Waals surface area contributed by atoms with Crippen LogP contribution in [-0.2, 0) is 20.7 Å². The molecule has 8 heteroatoms. The predicted octanol–water partition coefficient (Wildman–Crippen LogP) is 3.11. The molecule has 1 aromatic rings. The predicted molar refractivity (Wildman–Crippen MR) is 113 cm³/mol. The van der Waals surface area contributed by atoms with Crippen molar-refractivity contribution in [3.8, 4) is 0 Å². The van der Waals surface area contributed by atoms with E-state index < -0.39 is 11.6 Å². The quantitative estimate of drug-likeness (QED) is 0.728. The SMILES string of the molecule is CC(C)(C)OC(=O)N1CCC(c2cc3c(cc2F)N(C2CCC(=O)NC2=O)CC3)CC1. The third-order valence-corrected chi connectivity index (χ3v) is 6.30. The Hall–Kier alpha value is -2.64. The van der Waals surface area contributed by atoms with Gasteiger partial charge < -0.3 is 14.5 Å². The maximum Gasteiger partial charge on any atom is 0.410 e. The first-order valence-corrected chi connectivity index (χ1v) is 11.0. The van der Waals surface area contributed by atoms with Gasteiger partial charge in [0.2, 0.25) is 11.8 Å². The van der Waals surface area contributed by atoms with E-state index in [2.05, 4.69) is 5.32 Å². The lowest BCUT2D eigenvalue weighted by Gasteiger charge is -2.34. The summed E-state index contributed by atoms with van der Waals surface area (Å²) in [5.74, 6) is -0.773. The van der Waals surface area contributed by atoms with Crippen LogP contribution in [0.4, 0.5) is 14.9 Å². The second kappa shape index (κ2) is 8.13. The molecule has 0 saturated carbocycles. The number of likely N-dealkylation sites (tertiary alicyclic amines) is 1. The number of halogens is 1. The summed E-state index contributed by atoms with van der Waals surface area (Å²) in [7, 11) is 0. The van der Waals surface area contributed by atoms with Gasteiger partial charge in [-0.15, -0.1) is 0 Å². The average molecular weight is 432 g/mol. The van der Waals surface area contributed by atoms with Crippen LogP contribution in [0, 0.1) is 5.82 Å². The smallest absolute Gasteiger partial charge is 0.410 e. The van der Waals surface area contributed by atoms with Crippen LogP contribution < -0.4 is 10.2 Å². The monoisotopic (exact) mass is 431 g/mol. The topological polar surface area (TPSA) is 79.0 Å². The van der Waals surface area contributed by atoms with Crippen molar-refractivity contribution in [2.24, 2.45) is 0 Å². The average Bonchev–Trinajstić information content (AvgIpc) is 3.08. The Morgan fingerprint density at radius 2 is 1.81 bits per heavy atom. The van der Waals surface area contributed by atoms with Gasteiger partial charge in [-0.3, -0.25) is 14.9 Å². The van der Waals surface area contributed by atoms with Crippen molar-refractivity contribution in [2.45, 2.75) is 70.4 Å². The molecule has 7 nitrogen and oxygen atoms in total. The maximum atomic E-state index is 15.1. The Morgan fingerprint density at radius 1 is 1.10 bits per heavy atom. The summed E-state index contributed by atoms with van der Waals surface area (Å²) in [4.78, 5) is 39.6. The summed E-state index contributed by atoms with van der Waals surface area (Å²) in [5, 5.41) is 2.39. The molecule has 2 fully saturated rings. The van der Waals surface area contributed by atoms with Gasteiger partial charge in [0, 0.05) is 31.7 Å². The van der Waals surface area contributed by atoms with Crippen LogP contribution in [0.5, 0.6) is 0 Å². The Bertz CT molecular complexity index is 903. The molecule has 1 unspecified atom stereocenters. The Kier molecular flexibility index (Phi) is 5.66. The number of piperidine rings is 2. The fourth-order valence-electron chi connectivity index (χ4n) is 4.77. The Balaban J connectivity index is 1.45. The molecule has 0 radical (unpaired) electrons. The van der Waals surface area contributed by atoms with Crippen molar-refractivity contribution in [1.82, 2.24) is 10.2 Å². The van der Waals surface area contributed by atoms with Gasteiger partial charge in [-0.1, -0.05) is 6.07 Å². The molecular weight excluding hydrogens is 401 g/mol. The van der Waals surface area contributed by atoms with Crippen LogP contribution in [0.15, 0.2) is 12.1 Å². The van der Waals surface area contributed by atoms with E-state index in [1.165, 1.54) is 0 Å². The molecule has 3 aliphatic rings. The van der Waals surface area contributed by atoms with Crippen molar-refractivity contribution < 1.29 is 23.5 Å². The van der Waals surface area contributed by atoms with E-state index in [0.717, 1.165) is 17.7 Å². The number of carbonyl (C=O) groups is 3. The molecular formula is C23H30FN3O4. The van der Waals surface area contributed by atoms with Crippen LogP contribution in [0.3, 0.4) is 0 Å². The zero-order chi connectivity index (χ0) is 22.3. The van der Waals surface area contributed by atoms with Gasteiger partial charge in [-0.25, -0.2) is 9.18 Å². The van der Waals surface area contributed by atoms with Crippen molar-refractivity contribution >= 4 is 23.6 Å². The van der Waals surface area contributed by atoms with Crippen molar-refractivity contribution in [3.05, 3.63) is 29.1 Å². The summed E-state index contributed by atoms with van der Waals surface area (Å²) < 4.78 is 20.6. The molecule has 3 heterocycles. The zero-order valence-electron chi connectivity index (χ0n) is 18.4. The highest BCUT2D eigenvalue weighted by Gasteiger charge is 2.36. The number of nitrogens with one attached hydrogen (secondary N) is 1. The molecule has 168 valence electrons. The minimum Gasteiger partial charge on any atom is -0.444 e. The molecule has 0 bridgehead atoms. The number of amides is 3. The lowest BCUT2D eigenvalue weighted by Crippen LogP contribution is -2.52. The summed E-state index contributed by atoms with van der Waals surface area (Å²) >= 11 is 0. The van der Waals surface area contributed by atoms with Gasteiger partial charge in [0.05, 0.1) is 0 Å². The van der Waals surface area contributed by atoms with Crippen molar-refractivity contribution in [2.75, 3.05) is 24.5 Å². The molecule has 0 spiro atoms. The van der Waals surface area contributed by atoms with Crippen LogP contribution in [-0.4, -0.2) is 54.1 Å². The molecule has 4 rings (SSSR count). The van der Waals surface area contributed by atoms with Gasteiger partial charge in [-0.05, 0) is 69.6 Å². The number of ether oxygens (including phenoxy) is 1.